The van der Waals surface area contributed by atoms with Crippen molar-refractivity contribution < 1.29 is 12.8 Å². The molecule has 0 amide bonds. The van der Waals surface area contributed by atoms with Gasteiger partial charge in [-0.25, -0.2) is 12.8 Å². The smallest absolute Gasteiger partial charge is 0.181 e. The van der Waals surface area contributed by atoms with Gasteiger partial charge >= 0.3 is 0 Å². The molecule has 0 atom stereocenters. The minimum atomic E-state index is -3.60. The van der Waals surface area contributed by atoms with Gasteiger partial charge in [-0.05, 0) is 58.1 Å². The number of sulfone groups is 1. The molecule has 0 bridgehead atoms. The van der Waals surface area contributed by atoms with Crippen LogP contribution < -0.4 is 5.32 Å². The molecule has 0 radical (unpaired) electrons. The van der Waals surface area contributed by atoms with E-state index in [1.807, 2.05) is 45.3 Å². The first-order valence-electron chi connectivity index (χ1n) is 11.5. The Morgan fingerprint density at radius 1 is 1.03 bits per heavy atom. The van der Waals surface area contributed by atoms with E-state index in [4.69, 9.17) is 4.99 Å². The Kier molecular flexibility index (Phi) is 9.59. The Morgan fingerprint density at radius 2 is 1.66 bits per heavy atom. The highest BCUT2D eigenvalue weighted by Crippen LogP contribution is 2.36. The van der Waals surface area contributed by atoms with E-state index in [0.29, 0.717) is 24.1 Å². The van der Waals surface area contributed by atoms with Gasteiger partial charge in [-0.2, -0.15) is 0 Å². The number of unbranched alkanes of at least 4 members (excludes halogenated alkanes) is 2. The summed E-state index contributed by atoms with van der Waals surface area (Å²) in [5.74, 6) is -0.470. The molecule has 32 heavy (non-hydrogen) atoms. The fourth-order valence-electron chi connectivity index (χ4n) is 4.12. The number of fused-ring (bicyclic) bond motifs is 1. The van der Waals surface area contributed by atoms with Crippen molar-refractivity contribution in [3.8, 4) is 0 Å². The van der Waals surface area contributed by atoms with E-state index in [9.17, 15) is 12.8 Å². The summed E-state index contributed by atoms with van der Waals surface area (Å²) in [6.45, 7) is 6.20. The van der Waals surface area contributed by atoms with E-state index in [1.165, 1.54) is 18.2 Å². The number of halogens is 1. The van der Waals surface area contributed by atoms with Crippen molar-refractivity contribution in [2.45, 2.75) is 69.7 Å². The summed E-state index contributed by atoms with van der Waals surface area (Å²) in [4.78, 5) is 5.33. The Labute approximate surface area is 193 Å². The molecule has 1 heterocycles. The lowest BCUT2D eigenvalue weighted by molar-refractivity contribution is 0.380. The molecule has 6 heteroatoms. The number of aryl methyl sites for hydroxylation is 1. The predicted molar refractivity (Wildman–Crippen MR) is 132 cm³/mol. The summed E-state index contributed by atoms with van der Waals surface area (Å²) in [6.07, 6.45) is 5.21. The molecule has 176 valence electrons. The van der Waals surface area contributed by atoms with E-state index < -0.39 is 21.2 Å². The molecular weight excluding hydrogens is 423 g/mol. The average Bonchev–Trinajstić information content (AvgIpc) is 2.83. The molecule has 0 saturated carbocycles. The van der Waals surface area contributed by atoms with Crippen molar-refractivity contribution in [1.29, 1.82) is 0 Å². The van der Waals surface area contributed by atoms with E-state index >= 15 is 0 Å². The fourth-order valence-corrected chi connectivity index (χ4v) is 6.11. The van der Waals surface area contributed by atoms with Gasteiger partial charge < -0.3 is 5.32 Å². The van der Waals surface area contributed by atoms with Crippen LogP contribution in [0.5, 0.6) is 0 Å². The predicted octanol–water partition coefficient (Wildman–Crippen LogP) is 5.71. The van der Waals surface area contributed by atoms with Crippen molar-refractivity contribution >= 4 is 15.5 Å². The number of hydrogen-bond donors (Lipinski definition) is 1. The van der Waals surface area contributed by atoms with Crippen LogP contribution in [0, 0.1) is 12.7 Å². The van der Waals surface area contributed by atoms with Crippen LogP contribution in [0.1, 0.15) is 69.1 Å². The maximum absolute atomic E-state index is 14.2. The standard InChI is InChI=1S/C24H30FNO2S.C2H7N/c1-4-6-13-24(14-7-5-2)17-29(27,28)22-12-11-20(25)16-21(22)23(26-24)19-10-8-9-18(3)15-19;1-3-2/h8-12,15-16H,4-7,13-14,17H2,1-3H3;3H,1-2H3. The molecule has 1 N–H and O–H groups in total. The third kappa shape index (κ3) is 6.48. The van der Waals surface area contributed by atoms with E-state index in [1.54, 1.807) is 0 Å². The van der Waals surface area contributed by atoms with Gasteiger partial charge in [0.05, 0.1) is 21.9 Å². The van der Waals surface area contributed by atoms with Gasteiger partial charge in [-0.3, -0.25) is 4.99 Å². The molecule has 0 aromatic heterocycles. The molecule has 0 fully saturated rings. The van der Waals surface area contributed by atoms with Gasteiger partial charge in [-0.15, -0.1) is 0 Å². The van der Waals surface area contributed by atoms with Gasteiger partial charge in [0.15, 0.2) is 9.84 Å². The molecule has 2 aromatic rings. The fraction of sp³-hybridized carbons (Fsp3) is 0.500. The highest BCUT2D eigenvalue weighted by molar-refractivity contribution is 7.91. The van der Waals surface area contributed by atoms with E-state index in [0.717, 1.165) is 36.8 Å². The van der Waals surface area contributed by atoms with Gasteiger partial charge in [0.25, 0.3) is 0 Å². The van der Waals surface area contributed by atoms with Crippen LogP contribution >= 0.6 is 0 Å². The minimum Gasteiger partial charge on any atom is -0.323 e. The topological polar surface area (TPSA) is 58.5 Å². The zero-order valence-corrected chi connectivity index (χ0v) is 20.9. The summed E-state index contributed by atoms with van der Waals surface area (Å²) >= 11 is 0. The maximum Gasteiger partial charge on any atom is 0.181 e. The first kappa shape index (κ1) is 26.2. The molecule has 1 aliphatic rings. The SMILES string of the molecule is CCCCC1(CCCC)CS(=O)(=O)c2ccc(F)cc2C(c2cccc(C)c2)=N1.CNC. The van der Waals surface area contributed by atoms with Crippen LogP contribution in [0.15, 0.2) is 52.4 Å². The van der Waals surface area contributed by atoms with Crippen molar-refractivity contribution in [3.63, 3.8) is 0 Å². The minimum absolute atomic E-state index is 0.0199. The second-order valence-corrected chi connectivity index (χ2v) is 10.6. The van der Waals surface area contributed by atoms with Crippen LogP contribution in [0.3, 0.4) is 0 Å². The van der Waals surface area contributed by atoms with Gasteiger partial charge in [0.1, 0.15) is 5.82 Å². The van der Waals surface area contributed by atoms with Crippen LogP contribution in [0.25, 0.3) is 0 Å². The zero-order chi connectivity index (χ0) is 23.8. The van der Waals surface area contributed by atoms with Crippen LogP contribution in [-0.2, 0) is 9.84 Å². The first-order chi connectivity index (χ1) is 15.2. The molecule has 4 nitrogen and oxygen atoms in total. The quantitative estimate of drug-likeness (QED) is 0.538. The Bertz CT molecular complexity index is 1020. The Balaban J connectivity index is 0.00000114. The summed E-state index contributed by atoms with van der Waals surface area (Å²) in [6, 6.07) is 11.8. The lowest BCUT2D eigenvalue weighted by Gasteiger charge is -2.29. The molecule has 1 aliphatic heterocycles. The van der Waals surface area contributed by atoms with E-state index in [-0.39, 0.29) is 10.6 Å². The number of aliphatic imine (C=N–C) groups is 1. The summed E-state index contributed by atoms with van der Waals surface area (Å²) in [7, 11) is 0.154. The van der Waals surface area contributed by atoms with Crippen molar-refractivity contribution in [3.05, 3.63) is 65.0 Å². The summed E-state index contributed by atoms with van der Waals surface area (Å²) < 4.78 is 41.0. The maximum atomic E-state index is 14.2. The third-order valence-electron chi connectivity index (χ3n) is 5.62. The first-order valence-corrected chi connectivity index (χ1v) is 13.1. The number of hydrogen-bond acceptors (Lipinski definition) is 4. The lowest BCUT2D eigenvalue weighted by atomic mass is 9.88. The zero-order valence-electron chi connectivity index (χ0n) is 20.0. The molecular formula is C26H37FN2O2S. The number of rotatable bonds is 7. The van der Waals surface area contributed by atoms with Crippen molar-refractivity contribution in [1.82, 2.24) is 5.32 Å². The largest absolute Gasteiger partial charge is 0.323 e. The highest BCUT2D eigenvalue weighted by Gasteiger charge is 2.40. The van der Waals surface area contributed by atoms with Crippen molar-refractivity contribution in [2.24, 2.45) is 4.99 Å². The summed E-state index contributed by atoms with van der Waals surface area (Å²) in [5.41, 5.74) is 2.19. The van der Waals surface area contributed by atoms with Gasteiger partial charge in [0, 0.05) is 11.1 Å². The van der Waals surface area contributed by atoms with Crippen molar-refractivity contribution in [2.75, 3.05) is 19.8 Å². The van der Waals surface area contributed by atoms with Crippen LogP contribution in [-0.4, -0.2) is 39.5 Å². The monoisotopic (exact) mass is 460 g/mol. The third-order valence-corrected chi connectivity index (χ3v) is 7.57. The summed E-state index contributed by atoms with van der Waals surface area (Å²) in [5, 5.41) is 2.75. The van der Waals surface area contributed by atoms with Gasteiger partial charge in [0.2, 0.25) is 0 Å². The Hall–Kier alpha value is -2.05. The Morgan fingerprint density at radius 3 is 2.22 bits per heavy atom. The molecule has 3 rings (SSSR count). The van der Waals surface area contributed by atoms with E-state index in [2.05, 4.69) is 19.2 Å². The van der Waals surface area contributed by atoms with Gasteiger partial charge in [-0.1, -0.05) is 63.3 Å². The molecule has 0 spiro atoms. The lowest BCUT2D eigenvalue weighted by Crippen LogP contribution is -2.35. The normalized spacial score (nSPS) is 16.2. The number of benzene rings is 2. The molecule has 2 aromatic carbocycles. The highest BCUT2D eigenvalue weighted by atomic mass is 32.2. The molecule has 0 aliphatic carbocycles. The second kappa shape index (κ2) is 11.7. The molecule has 0 saturated heterocycles. The number of nitrogens with one attached hydrogen (secondary N) is 1. The van der Waals surface area contributed by atoms with Crippen LogP contribution in [0.2, 0.25) is 0 Å². The average molecular weight is 461 g/mol. The second-order valence-electron chi connectivity index (χ2n) is 8.66. The molecule has 0 unspecified atom stereocenters. The van der Waals surface area contributed by atoms with Crippen LogP contribution in [0.4, 0.5) is 4.39 Å². The number of nitrogens with zero attached hydrogens (tertiary/aromatic N) is 1.